The summed E-state index contributed by atoms with van der Waals surface area (Å²) in [5, 5.41) is 6.60. The van der Waals surface area contributed by atoms with E-state index in [1.54, 1.807) is 6.26 Å². The molecule has 3 rings (SSSR count). The summed E-state index contributed by atoms with van der Waals surface area (Å²) in [4.78, 5) is 31.5. The number of nitrogens with zero attached hydrogens (tertiary/aromatic N) is 1. The smallest absolute Gasteiger partial charge is 0.408 e. The Kier molecular flexibility index (Phi) is 8.75. The molecule has 0 aliphatic heterocycles. The Morgan fingerprint density at radius 3 is 2.68 bits per heavy atom. The summed E-state index contributed by atoms with van der Waals surface area (Å²) < 4.78 is 25.9. The summed E-state index contributed by atoms with van der Waals surface area (Å²) in [6.07, 6.45) is 4.73. The molecule has 3 N–H and O–H groups in total. The fraction of sp³-hybridized carbons (Fsp3) is 0.591. The highest BCUT2D eigenvalue weighted by Crippen LogP contribution is 2.40. The van der Waals surface area contributed by atoms with Crippen LogP contribution in [-0.2, 0) is 4.74 Å². The number of aromatic amines is 1. The highest BCUT2D eigenvalue weighted by molar-refractivity contribution is 9.10. The minimum Gasteiger partial charge on any atom is -0.491 e. The number of benzene rings is 1. The Labute approximate surface area is 215 Å². The van der Waals surface area contributed by atoms with Crippen molar-refractivity contribution in [1.82, 2.24) is 20.6 Å². The van der Waals surface area contributed by atoms with Gasteiger partial charge in [-0.05, 0) is 75.2 Å². The van der Waals surface area contributed by atoms with Crippen molar-refractivity contribution in [3.05, 3.63) is 25.7 Å². The van der Waals surface area contributed by atoms with Crippen LogP contribution in [0.2, 0.25) is 5.02 Å². The number of rotatable bonds is 9. The molecule has 0 unspecified atom stereocenters. The van der Waals surface area contributed by atoms with Gasteiger partial charge in [0, 0.05) is 6.54 Å². The lowest BCUT2D eigenvalue weighted by molar-refractivity contribution is 0.0382. The van der Waals surface area contributed by atoms with Crippen LogP contribution in [0.15, 0.2) is 14.4 Å². The molecule has 0 radical (unpaired) electrons. The fourth-order valence-electron chi connectivity index (χ4n) is 3.63. The van der Waals surface area contributed by atoms with Gasteiger partial charge in [-0.1, -0.05) is 23.4 Å². The molecule has 2 aromatic rings. The average molecular weight is 580 g/mol. The number of alkyl carbamates (subject to hydrolysis) is 1. The van der Waals surface area contributed by atoms with E-state index < -0.39 is 23.1 Å². The van der Waals surface area contributed by atoms with Gasteiger partial charge in [0.25, 0.3) is 5.56 Å². The molecule has 0 bridgehead atoms. The number of carbonyl (C=O) groups is 1. The molecule has 34 heavy (non-hydrogen) atoms. The van der Waals surface area contributed by atoms with Crippen molar-refractivity contribution in [3.8, 4) is 5.75 Å². The Bertz CT molecular complexity index is 1120. The van der Waals surface area contributed by atoms with Gasteiger partial charge in [0.1, 0.15) is 21.5 Å². The van der Waals surface area contributed by atoms with E-state index in [0.29, 0.717) is 24.7 Å². The van der Waals surface area contributed by atoms with Crippen LogP contribution in [0.5, 0.6) is 5.75 Å². The maximum Gasteiger partial charge on any atom is 0.408 e. The van der Waals surface area contributed by atoms with Crippen molar-refractivity contribution in [2.75, 3.05) is 26.0 Å². The number of aromatic nitrogens is 2. The lowest BCUT2D eigenvalue weighted by Gasteiger charge is -2.42. The number of ether oxygens (including phenoxy) is 2. The summed E-state index contributed by atoms with van der Waals surface area (Å²) in [5.74, 6) is -0.618. The highest BCUT2D eigenvalue weighted by Gasteiger charge is 2.39. The Hall–Kier alpha value is -1.56. The molecule has 1 fully saturated rings. The van der Waals surface area contributed by atoms with Gasteiger partial charge < -0.3 is 25.1 Å². The number of hydrogen-bond acceptors (Lipinski definition) is 7. The van der Waals surface area contributed by atoms with E-state index in [0.717, 1.165) is 19.3 Å². The molecule has 12 heteroatoms. The standard InChI is InChI=1S/C22H29BrClFN4O4S/c1-21(2,3)33-20(31)29-22(7-5-8-22)11-26-9-6-10-32-17-12-16(15(25)13(23)14(17)24)27-19(34-4)28-18(12)30/h26H,5-11H2,1-4H3,(H,29,31)(H,27,28,30). The lowest BCUT2D eigenvalue weighted by Crippen LogP contribution is -2.60. The van der Waals surface area contributed by atoms with Crippen molar-refractivity contribution in [1.29, 1.82) is 0 Å². The van der Waals surface area contributed by atoms with Crippen LogP contribution in [0.25, 0.3) is 10.9 Å². The number of thioether (sulfide) groups is 1. The minimum absolute atomic E-state index is 0.0000808. The maximum absolute atomic E-state index is 14.7. The molecule has 1 saturated carbocycles. The second-order valence-electron chi connectivity index (χ2n) is 9.21. The predicted molar refractivity (Wildman–Crippen MR) is 136 cm³/mol. The van der Waals surface area contributed by atoms with Crippen molar-refractivity contribution < 1.29 is 18.7 Å². The van der Waals surface area contributed by atoms with E-state index in [2.05, 4.69) is 36.5 Å². The molecule has 8 nitrogen and oxygen atoms in total. The summed E-state index contributed by atoms with van der Waals surface area (Å²) in [7, 11) is 0. The summed E-state index contributed by atoms with van der Waals surface area (Å²) in [5.41, 5.74) is -1.47. The number of hydrogen-bond donors (Lipinski definition) is 3. The first-order chi connectivity index (χ1) is 16.0. The van der Waals surface area contributed by atoms with Crippen LogP contribution < -0.4 is 20.9 Å². The number of amides is 1. The third-order valence-corrected chi connectivity index (χ3v) is 7.31. The summed E-state index contributed by atoms with van der Waals surface area (Å²) in [6.45, 7) is 6.97. The zero-order valence-electron chi connectivity index (χ0n) is 19.6. The second-order valence-corrected chi connectivity index (χ2v) is 11.2. The van der Waals surface area contributed by atoms with Gasteiger partial charge in [0.15, 0.2) is 16.7 Å². The van der Waals surface area contributed by atoms with Gasteiger partial charge in [-0.15, -0.1) is 0 Å². The average Bonchev–Trinajstić information content (AvgIpc) is 2.73. The third kappa shape index (κ3) is 6.35. The number of nitrogens with one attached hydrogen (secondary N) is 3. The Balaban J connectivity index is 1.58. The van der Waals surface area contributed by atoms with Crippen LogP contribution >= 0.6 is 39.3 Å². The summed E-state index contributed by atoms with van der Waals surface area (Å²) >= 11 is 10.6. The number of carbonyl (C=O) groups excluding carboxylic acids is 1. The highest BCUT2D eigenvalue weighted by atomic mass is 79.9. The second kappa shape index (κ2) is 11.0. The molecule has 0 atom stereocenters. The van der Waals surface area contributed by atoms with Crippen molar-refractivity contribution in [2.45, 2.75) is 62.8 Å². The molecule has 1 heterocycles. The SMILES string of the molecule is CSc1nc2c(F)c(Br)c(Cl)c(OCCCNCC3(NC(=O)OC(C)(C)C)CCC3)c2c(=O)[nH]1. The molecule has 1 amide bonds. The maximum atomic E-state index is 14.7. The van der Waals surface area contributed by atoms with Crippen molar-refractivity contribution >= 4 is 56.3 Å². The summed E-state index contributed by atoms with van der Waals surface area (Å²) in [6, 6.07) is 0. The number of fused-ring (bicyclic) bond motifs is 1. The van der Waals surface area contributed by atoms with Gasteiger partial charge in [0.2, 0.25) is 0 Å². The van der Waals surface area contributed by atoms with Crippen LogP contribution in [0.4, 0.5) is 9.18 Å². The molecular formula is C22H29BrClFN4O4S. The van der Waals surface area contributed by atoms with Gasteiger partial charge in [-0.25, -0.2) is 14.2 Å². The van der Waals surface area contributed by atoms with E-state index in [9.17, 15) is 14.0 Å². The zero-order chi connectivity index (χ0) is 25.1. The Morgan fingerprint density at radius 2 is 2.09 bits per heavy atom. The minimum atomic E-state index is -0.710. The first-order valence-electron chi connectivity index (χ1n) is 11.0. The first-order valence-corrected chi connectivity index (χ1v) is 13.3. The van der Waals surface area contributed by atoms with E-state index in [-0.39, 0.29) is 38.3 Å². The van der Waals surface area contributed by atoms with E-state index in [4.69, 9.17) is 21.1 Å². The fourth-order valence-corrected chi connectivity index (χ4v) is 4.61. The normalized spacial score (nSPS) is 15.1. The largest absolute Gasteiger partial charge is 0.491 e. The number of halogens is 3. The predicted octanol–water partition coefficient (Wildman–Crippen LogP) is 5.01. The van der Waals surface area contributed by atoms with Crippen molar-refractivity contribution in [3.63, 3.8) is 0 Å². The zero-order valence-corrected chi connectivity index (χ0v) is 22.7. The topological polar surface area (TPSA) is 105 Å². The van der Waals surface area contributed by atoms with Gasteiger partial charge in [-0.2, -0.15) is 0 Å². The van der Waals surface area contributed by atoms with Gasteiger partial charge in [-0.3, -0.25) is 4.79 Å². The lowest BCUT2D eigenvalue weighted by atomic mass is 9.76. The molecule has 1 aromatic heterocycles. The van der Waals surface area contributed by atoms with Crippen LogP contribution in [0, 0.1) is 5.82 Å². The molecule has 188 valence electrons. The molecule has 1 aromatic carbocycles. The van der Waals surface area contributed by atoms with E-state index >= 15 is 0 Å². The third-order valence-electron chi connectivity index (χ3n) is 5.40. The monoisotopic (exact) mass is 578 g/mol. The van der Waals surface area contributed by atoms with Gasteiger partial charge >= 0.3 is 6.09 Å². The first kappa shape index (κ1) is 27.0. The molecule has 0 spiro atoms. The van der Waals surface area contributed by atoms with Crippen LogP contribution in [-0.4, -0.2) is 53.2 Å². The Morgan fingerprint density at radius 1 is 1.38 bits per heavy atom. The van der Waals surface area contributed by atoms with Crippen molar-refractivity contribution in [2.24, 2.45) is 0 Å². The molecule has 1 aliphatic carbocycles. The van der Waals surface area contributed by atoms with Gasteiger partial charge in [0.05, 0.1) is 16.6 Å². The molecule has 1 aliphatic rings. The van der Waals surface area contributed by atoms with Crippen LogP contribution in [0.1, 0.15) is 46.5 Å². The van der Waals surface area contributed by atoms with Crippen LogP contribution in [0.3, 0.4) is 0 Å². The van der Waals surface area contributed by atoms with E-state index in [1.807, 2.05) is 20.8 Å². The number of H-pyrrole nitrogens is 1. The molecule has 0 saturated heterocycles. The van der Waals surface area contributed by atoms with E-state index in [1.165, 1.54) is 11.8 Å². The quantitative estimate of drug-likeness (QED) is 0.166. The molecular weight excluding hydrogens is 551 g/mol.